The predicted octanol–water partition coefficient (Wildman–Crippen LogP) is 3.99. The summed E-state index contributed by atoms with van der Waals surface area (Å²) in [5.74, 6) is 0.533. The summed E-state index contributed by atoms with van der Waals surface area (Å²) >= 11 is 0. The molecule has 0 radical (unpaired) electrons. The molecule has 178 valence electrons. The molecule has 2 aliphatic rings. The molecule has 1 atom stereocenters. The molecule has 5 rings (SSSR count). The Labute approximate surface area is 203 Å². The monoisotopic (exact) mass is 469 g/mol. The van der Waals surface area contributed by atoms with Gasteiger partial charge in [-0.05, 0) is 54.8 Å². The molecule has 3 N–H and O–H groups in total. The Morgan fingerprint density at radius 3 is 2.37 bits per heavy atom. The van der Waals surface area contributed by atoms with Crippen molar-refractivity contribution in [1.82, 2.24) is 10.2 Å². The highest BCUT2D eigenvalue weighted by atomic mass is 16.5. The van der Waals surface area contributed by atoms with Crippen molar-refractivity contribution in [2.45, 2.75) is 37.8 Å². The van der Waals surface area contributed by atoms with Gasteiger partial charge in [-0.15, -0.1) is 0 Å². The van der Waals surface area contributed by atoms with E-state index in [4.69, 9.17) is 10.5 Å². The van der Waals surface area contributed by atoms with Gasteiger partial charge < -0.3 is 20.7 Å². The third-order valence-electron chi connectivity index (χ3n) is 6.46. The Balaban J connectivity index is 1.33. The van der Waals surface area contributed by atoms with E-state index >= 15 is 0 Å². The van der Waals surface area contributed by atoms with Gasteiger partial charge in [0.2, 0.25) is 11.8 Å². The lowest BCUT2D eigenvalue weighted by Gasteiger charge is -2.20. The summed E-state index contributed by atoms with van der Waals surface area (Å²) in [6, 6.07) is 22.2. The molecule has 2 fully saturated rings. The number of nitrogens with zero attached hydrogens (tertiary/aromatic N) is 1. The fourth-order valence-corrected chi connectivity index (χ4v) is 4.31. The van der Waals surface area contributed by atoms with Crippen LogP contribution in [0.5, 0.6) is 11.5 Å². The zero-order valence-electron chi connectivity index (χ0n) is 19.3. The number of carbonyl (C=O) groups is 3. The van der Waals surface area contributed by atoms with Crippen LogP contribution in [-0.2, 0) is 11.3 Å². The summed E-state index contributed by atoms with van der Waals surface area (Å²) in [4.78, 5) is 38.6. The molecule has 0 spiro atoms. The van der Waals surface area contributed by atoms with Gasteiger partial charge in [0.15, 0.2) is 0 Å². The van der Waals surface area contributed by atoms with Gasteiger partial charge in [-0.1, -0.05) is 36.4 Å². The van der Waals surface area contributed by atoms with Crippen LogP contribution < -0.4 is 15.8 Å². The lowest BCUT2D eigenvalue weighted by atomic mass is 9.98. The first-order valence-electron chi connectivity index (χ1n) is 11.8. The van der Waals surface area contributed by atoms with Crippen LogP contribution in [0, 0.1) is 0 Å². The maximum atomic E-state index is 12.8. The quantitative estimate of drug-likeness (QED) is 0.521. The second-order valence-corrected chi connectivity index (χ2v) is 9.15. The van der Waals surface area contributed by atoms with Crippen LogP contribution in [0.25, 0.3) is 0 Å². The SMILES string of the molecule is NC(=O)c1ccc(CN2C[C@H](c3ccccc3)CC2=O)c(Oc2ccc(C(=O)NC3CC3)cc2)c1. The van der Waals surface area contributed by atoms with E-state index < -0.39 is 5.91 Å². The number of amides is 3. The fraction of sp³-hybridized carbons (Fsp3) is 0.250. The summed E-state index contributed by atoms with van der Waals surface area (Å²) in [6.45, 7) is 0.975. The van der Waals surface area contributed by atoms with E-state index in [0.29, 0.717) is 42.1 Å². The minimum atomic E-state index is -0.560. The van der Waals surface area contributed by atoms with Gasteiger partial charge >= 0.3 is 0 Å². The Bertz CT molecular complexity index is 1250. The van der Waals surface area contributed by atoms with Crippen molar-refractivity contribution in [3.8, 4) is 11.5 Å². The minimum Gasteiger partial charge on any atom is -0.457 e. The maximum absolute atomic E-state index is 12.8. The average Bonchev–Trinajstić information content (AvgIpc) is 3.61. The lowest BCUT2D eigenvalue weighted by molar-refractivity contribution is -0.128. The molecular formula is C28H27N3O4. The molecule has 1 heterocycles. The van der Waals surface area contributed by atoms with Crippen molar-refractivity contribution >= 4 is 17.7 Å². The molecule has 0 unspecified atom stereocenters. The van der Waals surface area contributed by atoms with Crippen molar-refractivity contribution in [1.29, 1.82) is 0 Å². The summed E-state index contributed by atoms with van der Waals surface area (Å²) in [5, 5.41) is 2.96. The number of primary amides is 1. The first-order valence-corrected chi connectivity index (χ1v) is 11.8. The number of hydrogen-bond acceptors (Lipinski definition) is 4. The number of ether oxygens (including phenoxy) is 1. The molecule has 7 heteroatoms. The van der Waals surface area contributed by atoms with Crippen LogP contribution in [0.1, 0.15) is 57.0 Å². The molecule has 0 bridgehead atoms. The van der Waals surface area contributed by atoms with E-state index in [1.54, 1.807) is 42.5 Å². The van der Waals surface area contributed by atoms with Gasteiger partial charge in [-0.25, -0.2) is 0 Å². The molecule has 0 aromatic heterocycles. The smallest absolute Gasteiger partial charge is 0.251 e. The second-order valence-electron chi connectivity index (χ2n) is 9.15. The predicted molar refractivity (Wildman–Crippen MR) is 131 cm³/mol. The van der Waals surface area contributed by atoms with Crippen LogP contribution in [0.15, 0.2) is 72.8 Å². The molecule has 1 saturated heterocycles. The van der Waals surface area contributed by atoms with Gasteiger partial charge in [0.1, 0.15) is 11.5 Å². The van der Waals surface area contributed by atoms with Gasteiger partial charge in [0.05, 0.1) is 0 Å². The van der Waals surface area contributed by atoms with Crippen LogP contribution in [0.2, 0.25) is 0 Å². The molecule has 3 aromatic carbocycles. The Morgan fingerprint density at radius 1 is 0.971 bits per heavy atom. The largest absolute Gasteiger partial charge is 0.457 e. The molecule has 1 saturated carbocycles. The number of rotatable bonds is 8. The van der Waals surface area contributed by atoms with Gasteiger partial charge in [-0.3, -0.25) is 14.4 Å². The number of benzene rings is 3. The molecule has 1 aliphatic heterocycles. The first-order chi connectivity index (χ1) is 17.0. The molecule has 35 heavy (non-hydrogen) atoms. The van der Waals surface area contributed by atoms with E-state index in [-0.39, 0.29) is 23.8 Å². The number of hydrogen-bond donors (Lipinski definition) is 2. The summed E-state index contributed by atoms with van der Waals surface area (Å²) in [6.07, 6.45) is 2.51. The number of nitrogens with one attached hydrogen (secondary N) is 1. The van der Waals surface area contributed by atoms with Crippen molar-refractivity contribution in [2.24, 2.45) is 5.73 Å². The van der Waals surface area contributed by atoms with E-state index in [1.807, 2.05) is 35.2 Å². The zero-order valence-corrected chi connectivity index (χ0v) is 19.3. The number of nitrogens with two attached hydrogens (primary N) is 1. The normalized spacial score (nSPS) is 17.3. The standard InChI is InChI=1S/C28H27N3O4/c29-27(33)20-6-7-21(16-31-17-22(15-26(31)32)18-4-2-1-3-5-18)25(14-20)35-24-12-8-19(9-13-24)28(34)30-23-10-11-23/h1-9,12-14,22-23H,10-11,15-17H2,(H2,29,33)(H,30,34)/t22-/m1/s1. The Hall–Kier alpha value is -4.13. The summed E-state index contributed by atoms with van der Waals surface area (Å²) in [5.41, 5.74) is 8.29. The summed E-state index contributed by atoms with van der Waals surface area (Å²) in [7, 11) is 0. The van der Waals surface area contributed by atoms with E-state index in [2.05, 4.69) is 5.32 Å². The zero-order chi connectivity index (χ0) is 24.4. The van der Waals surface area contributed by atoms with Gasteiger partial charge in [-0.2, -0.15) is 0 Å². The topological polar surface area (TPSA) is 102 Å². The number of likely N-dealkylation sites (tertiary alicyclic amines) is 1. The van der Waals surface area contributed by atoms with Crippen LogP contribution >= 0.6 is 0 Å². The average molecular weight is 470 g/mol. The van der Waals surface area contributed by atoms with Crippen molar-refractivity contribution < 1.29 is 19.1 Å². The van der Waals surface area contributed by atoms with Gasteiger partial charge in [0.25, 0.3) is 5.91 Å². The third kappa shape index (κ3) is 5.35. The van der Waals surface area contributed by atoms with Gasteiger partial charge in [0, 0.05) is 48.2 Å². The highest BCUT2D eigenvalue weighted by Gasteiger charge is 2.31. The molecular weight excluding hydrogens is 442 g/mol. The molecule has 7 nitrogen and oxygen atoms in total. The third-order valence-corrected chi connectivity index (χ3v) is 6.46. The Morgan fingerprint density at radius 2 is 1.69 bits per heavy atom. The van der Waals surface area contributed by atoms with Crippen LogP contribution in [-0.4, -0.2) is 35.2 Å². The number of carbonyl (C=O) groups excluding carboxylic acids is 3. The first kappa shape index (κ1) is 22.7. The van der Waals surface area contributed by atoms with Crippen molar-refractivity contribution in [3.63, 3.8) is 0 Å². The highest BCUT2D eigenvalue weighted by molar-refractivity contribution is 5.95. The maximum Gasteiger partial charge on any atom is 0.251 e. The second kappa shape index (κ2) is 9.62. The van der Waals surface area contributed by atoms with Crippen LogP contribution in [0.3, 0.4) is 0 Å². The fourth-order valence-electron chi connectivity index (χ4n) is 4.31. The summed E-state index contributed by atoms with van der Waals surface area (Å²) < 4.78 is 6.11. The molecule has 1 aliphatic carbocycles. The van der Waals surface area contributed by atoms with Crippen molar-refractivity contribution in [3.05, 3.63) is 95.1 Å². The minimum absolute atomic E-state index is 0.0785. The van der Waals surface area contributed by atoms with Crippen molar-refractivity contribution in [2.75, 3.05) is 6.54 Å². The molecule has 3 amide bonds. The van der Waals surface area contributed by atoms with E-state index in [0.717, 1.165) is 24.0 Å². The highest BCUT2D eigenvalue weighted by Crippen LogP contribution is 2.33. The lowest BCUT2D eigenvalue weighted by Crippen LogP contribution is -2.25. The Kier molecular flexibility index (Phi) is 6.23. The molecule has 3 aromatic rings. The van der Waals surface area contributed by atoms with E-state index in [1.165, 1.54) is 0 Å². The van der Waals surface area contributed by atoms with E-state index in [9.17, 15) is 14.4 Å². The van der Waals surface area contributed by atoms with Crippen LogP contribution in [0.4, 0.5) is 0 Å².